The van der Waals surface area contributed by atoms with Crippen molar-refractivity contribution in [2.75, 3.05) is 0 Å². The van der Waals surface area contributed by atoms with Gasteiger partial charge in [-0.05, 0) is 31.5 Å². The number of hydrogen-bond donors (Lipinski definition) is 3. The molecule has 0 fully saturated rings. The highest BCUT2D eigenvalue weighted by molar-refractivity contribution is 5.95. The highest BCUT2D eigenvalue weighted by atomic mass is 16.3. The number of phenolic OH excluding ortho intramolecular Hbond substituents is 2. The molecule has 4 nitrogen and oxygen atoms in total. The largest absolute Gasteiger partial charge is 0.508 e. The smallest absolute Gasteiger partial charge is 0.252 e. The van der Waals surface area contributed by atoms with Gasteiger partial charge in [-0.25, -0.2) is 0 Å². The molecular formula is C16H17NO3. The van der Waals surface area contributed by atoms with Crippen molar-refractivity contribution >= 4 is 5.91 Å². The zero-order chi connectivity index (χ0) is 14.7. The van der Waals surface area contributed by atoms with E-state index in [-0.39, 0.29) is 29.0 Å². The molecule has 20 heavy (non-hydrogen) atoms. The van der Waals surface area contributed by atoms with Gasteiger partial charge in [-0.2, -0.15) is 0 Å². The van der Waals surface area contributed by atoms with Gasteiger partial charge in [0.15, 0.2) is 0 Å². The van der Waals surface area contributed by atoms with E-state index in [0.717, 1.165) is 11.1 Å². The summed E-state index contributed by atoms with van der Waals surface area (Å²) in [6.07, 6.45) is 0. The molecule has 1 unspecified atom stereocenters. The molecule has 104 valence electrons. The van der Waals surface area contributed by atoms with Gasteiger partial charge in [0.1, 0.15) is 11.5 Å². The molecule has 0 bridgehead atoms. The van der Waals surface area contributed by atoms with Gasteiger partial charge in [0.25, 0.3) is 5.91 Å². The van der Waals surface area contributed by atoms with Crippen molar-refractivity contribution < 1.29 is 15.0 Å². The Hall–Kier alpha value is -2.49. The number of hydrogen-bond acceptors (Lipinski definition) is 3. The van der Waals surface area contributed by atoms with E-state index in [2.05, 4.69) is 5.32 Å². The zero-order valence-electron chi connectivity index (χ0n) is 11.4. The van der Waals surface area contributed by atoms with E-state index in [9.17, 15) is 15.0 Å². The SMILES string of the molecule is Cc1ccc(C(C)NC(=O)c2cc(O)cc(O)c2)cc1. The first-order valence-electron chi connectivity index (χ1n) is 6.36. The third kappa shape index (κ3) is 3.29. The molecule has 3 N–H and O–H groups in total. The maximum absolute atomic E-state index is 12.1. The minimum atomic E-state index is -0.343. The van der Waals surface area contributed by atoms with E-state index in [0.29, 0.717) is 0 Å². The van der Waals surface area contributed by atoms with Crippen LogP contribution in [-0.4, -0.2) is 16.1 Å². The van der Waals surface area contributed by atoms with Crippen LogP contribution in [0.25, 0.3) is 0 Å². The molecule has 0 aliphatic heterocycles. The Kier molecular flexibility index (Phi) is 3.94. The Balaban J connectivity index is 2.12. The second-order valence-electron chi connectivity index (χ2n) is 4.84. The normalized spacial score (nSPS) is 11.9. The highest BCUT2D eigenvalue weighted by Gasteiger charge is 2.12. The molecule has 0 saturated carbocycles. The van der Waals surface area contributed by atoms with Gasteiger partial charge in [0.05, 0.1) is 6.04 Å². The third-order valence-electron chi connectivity index (χ3n) is 3.09. The van der Waals surface area contributed by atoms with Gasteiger partial charge in [-0.15, -0.1) is 0 Å². The van der Waals surface area contributed by atoms with Crippen LogP contribution in [-0.2, 0) is 0 Å². The van der Waals surface area contributed by atoms with Crippen LogP contribution in [0.15, 0.2) is 42.5 Å². The summed E-state index contributed by atoms with van der Waals surface area (Å²) in [7, 11) is 0. The summed E-state index contributed by atoms with van der Waals surface area (Å²) in [6.45, 7) is 3.88. The molecule has 2 aromatic rings. The first kappa shape index (κ1) is 13.9. The molecule has 0 heterocycles. The topological polar surface area (TPSA) is 69.6 Å². The number of aryl methyl sites for hydroxylation is 1. The van der Waals surface area contributed by atoms with E-state index in [4.69, 9.17) is 0 Å². The predicted molar refractivity (Wildman–Crippen MR) is 76.8 cm³/mol. The third-order valence-corrected chi connectivity index (χ3v) is 3.09. The van der Waals surface area contributed by atoms with Crippen LogP contribution in [0, 0.1) is 6.92 Å². The lowest BCUT2D eigenvalue weighted by Gasteiger charge is -2.15. The molecule has 0 saturated heterocycles. The molecule has 1 atom stereocenters. The van der Waals surface area contributed by atoms with Gasteiger partial charge < -0.3 is 15.5 Å². The van der Waals surface area contributed by atoms with Crippen LogP contribution in [0.5, 0.6) is 11.5 Å². The number of nitrogens with one attached hydrogen (secondary N) is 1. The second kappa shape index (κ2) is 5.65. The molecule has 0 aliphatic carbocycles. The number of carbonyl (C=O) groups excluding carboxylic acids is 1. The fraction of sp³-hybridized carbons (Fsp3) is 0.188. The lowest BCUT2D eigenvalue weighted by atomic mass is 10.1. The monoisotopic (exact) mass is 271 g/mol. The number of rotatable bonds is 3. The van der Waals surface area contributed by atoms with Crippen molar-refractivity contribution in [1.82, 2.24) is 5.32 Å². The number of carbonyl (C=O) groups is 1. The molecule has 0 spiro atoms. The Morgan fingerprint density at radius 1 is 1.05 bits per heavy atom. The average Bonchev–Trinajstić information content (AvgIpc) is 2.38. The Morgan fingerprint density at radius 2 is 1.60 bits per heavy atom. The van der Waals surface area contributed by atoms with E-state index in [1.807, 2.05) is 38.1 Å². The Bertz CT molecular complexity index is 600. The summed E-state index contributed by atoms with van der Waals surface area (Å²) in [6, 6.07) is 11.5. The van der Waals surface area contributed by atoms with E-state index < -0.39 is 0 Å². The maximum atomic E-state index is 12.1. The van der Waals surface area contributed by atoms with Crippen LogP contribution in [0.4, 0.5) is 0 Å². The molecule has 2 aromatic carbocycles. The lowest BCUT2D eigenvalue weighted by Crippen LogP contribution is -2.26. The summed E-state index contributed by atoms with van der Waals surface area (Å²) < 4.78 is 0. The number of aromatic hydroxyl groups is 2. The predicted octanol–water partition coefficient (Wildman–Crippen LogP) is 2.90. The van der Waals surface area contributed by atoms with Crippen LogP contribution in [0.1, 0.15) is 34.5 Å². The van der Waals surface area contributed by atoms with Gasteiger partial charge in [0, 0.05) is 11.6 Å². The van der Waals surface area contributed by atoms with Crippen LogP contribution in [0.3, 0.4) is 0 Å². The molecule has 2 rings (SSSR count). The van der Waals surface area contributed by atoms with Crippen LogP contribution >= 0.6 is 0 Å². The fourth-order valence-corrected chi connectivity index (χ4v) is 1.94. The summed E-state index contributed by atoms with van der Waals surface area (Å²) in [5.74, 6) is -0.624. The Morgan fingerprint density at radius 3 is 2.15 bits per heavy atom. The summed E-state index contributed by atoms with van der Waals surface area (Å²) >= 11 is 0. The van der Waals surface area contributed by atoms with Gasteiger partial charge >= 0.3 is 0 Å². The molecule has 0 radical (unpaired) electrons. The van der Waals surface area contributed by atoms with E-state index >= 15 is 0 Å². The lowest BCUT2D eigenvalue weighted by molar-refractivity contribution is 0.0939. The average molecular weight is 271 g/mol. The molecule has 1 amide bonds. The molecular weight excluding hydrogens is 254 g/mol. The van der Waals surface area contributed by atoms with Crippen LogP contribution < -0.4 is 5.32 Å². The van der Waals surface area contributed by atoms with Gasteiger partial charge in [-0.1, -0.05) is 29.8 Å². The summed E-state index contributed by atoms with van der Waals surface area (Å²) in [4.78, 5) is 12.1. The van der Waals surface area contributed by atoms with Crippen molar-refractivity contribution in [3.05, 3.63) is 59.2 Å². The fourth-order valence-electron chi connectivity index (χ4n) is 1.94. The standard InChI is InChI=1S/C16H17NO3/c1-10-3-5-12(6-4-10)11(2)17-16(20)13-7-14(18)9-15(19)8-13/h3-9,11,18-19H,1-2H3,(H,17,20). The molecule has 4 heteroatoms. The second-order valence-corrected chi connectivity index (χ2v) is 4.84. The Labute approximate surface area is 117 Å². The number of amides is 1. The summed E-state index contributed by atoms with van der Waals surface area (Å²) in [5.41, 5.74) is 2.37. The van der Waals surface area contributed by atoms with Crippen LogP contribution in [0.2, 0.25) is 0 Å². The zero-order valence-corrected chi connectivity index (χ0v) is 11.4. The van der Waals surface area contributed by atoms with Crippen molar-refractivity contribution in [3.63, 3.8) is 0 Å². The quantitative estimate of drug-likeness (QED) is 0.804. The van der Waals surface area contributed by atoms with Crippen molar-refractivity contribution in [1.29, 1.82) is 0 Å². The van der Waals surface area contributed by atoms with Crippen molar-refractivity contribution in [2.45, 2.75) is 19.9 Å². The minimum absolute atomic E-state index is 0.141. The minimum Gasteiger partial charge on any atom is -0.508 e. The molecule has 0 aromatic heterocycles. The van der Waals surface area contributed by atoms with E-state index in [1.165, 1.54) is 18.2 Å². The maximum Gasteiger partial charge on any atom is 0.252 e. The number of phenols is 2. The first-order valence-corrected chi connectivity index (χ1v) is 6.36. The highest BCUT2D eigenvalue weighted by Crippen LogP contribution is 2.21. The summed E-state index contributed by atoms with van der Waals surface area (Å²) in [5, 5.41) is 21.6. The first-order chi connectivity index (χ1) is 9.45. The van der Waals surface area contributed by atoms with Crippen molar-refractivity contribution in [2.24, 2.45) is 0 Å². The van der Waals surface area contributed by atoms with Gasteiger partial charge in [-0.3, -0.25) is 4.79 Å². The van der Waals surface area contributed by atoms with Crippen molar-refractivity contribution in [3.8, 4) is 11.5 Å². The van der Waals surface area contributed by atoms with E-state index in [1.54, 1.807) is 0 Å². The van der Waals surface area contributed by atoms with Gasteiger partial charge in [0.2, 0.25) is 0 Å². The molecule has 0 aliphatic rings. The number of benzene rings is 2.